The third-order valence-corrected chi connectivity index (χ3v) is 5.65. The SMILES string of the molecule is COC(=O)c1cccc(CN2C(=O)COc3ccc(-c4nc(C)sc4C)cc32)c1. The molecule has 0 spiro atoms. The Hall–Kier alpha value is -3.19. The van der Waals surface area contributed by atoms with E-state index in [-0.39, 0.29) is 12.5 Å². The number of methoxy groups -OCH3 is 1. The molecule has 0 aliphatic carbocycles. The van der Waals surface area contributed by atoms with Gasteiger partial charge in [-0.05, 0) is 49.7 Å². The molecule has 148 valence electrons. The molecule has 0 unspecified atom stereocenters. The molecule has 3 aromatic rings. The molecule has 6 nitrogen and oxygen atoms in total. The Kier molecular flexibility index (Phi) is 5.07. The Morgan fingerprint density at radius 2 is 2.07 bits per heavy atom. The van der Waals surface area contributed by atoms with Gasteiger partial charge in [-0.15, -0.1) is 11.3 Å². The fourth-order valence-corrected chi connectivity index (χ4v) is 4.26. The molecular weight excluding hydrogens is 388 g/mol. The van der Waals surface area contributed by atoms with Gasteiger partial charge in [0.2, 0.25) is 0 Å². The zero-order chi connectivity index (χ0) is 20.5. The van der Waals surface area contributed by atoms with Crippen LogP contribution in [0, 0.1) is 13.8 Å². The number of carbonyl (C=O) groups excluding carboxylic acids is 2. The van der Waals surface area contributed by atoms with Crippen molar-refractivity contribution in [2.75, 3.05) is 18.6 Å². The maximum atomic E-state index is 12.7. The van der Waals surface area contributed by atoms with E-state index < -0.39 is 5.97 Å². The molecule has 0 atom stereocenters. The largest absolute Gasteiger partial charge is 0.482 e. The molecule has 1 aliphatic heterocycles. The number of aryl methyl sites for hydroxylation is 2. The molecule has 0 saturated heterocycles. The average Bonchev–Trinajstić information content (AvgIpc) is 3.07. The fraction of sp³-hybridized carbons (Fsp3) is 0.227. The van der Waals surface area contributed by atoms with Gasteiger partial charge >= 0.3 is 5.97 Å². The van der Waals surface area contributed by atoms with Gasteiger partial charge in [0, 0.05) is 10.4 Å². The van der Waals surface area contributed by atoms with Crippen molar-refractivity contribution in [1.29, 1.82) is 0 Å². The Morgan fingerprint density at radius 1 is 1.24 bits per heavy atom. The summed E-state index contributed by atoms with van der Waals surface area (Å²) < 4.78 is 10.4. The number of esters is 1. The van der Waals surface area contributed by atoms with Gasteiger partial charge < -0.3 is 14.4 Å². The van der Waals surface area contributed by atoms with Crippen molar-refractivity contribution < 1.29 is 19.1 Å². The monoisotopic (exact) mass is 408 g/mol. The minimum atomic E-state index is -0.405. The summed E-state index contributed by atoms with van der Waals surface area (Å²) in [5.74, 6) is 0.114. The van der Waals surface area contributed by atoms with Crippen LogP contribution in [0.5, 0.6) is 5.75 Å². The number of rotatable bonds is 4. The van der Waals surface area contributed by atoms with Gasteiger partial charge in [-0.25, -0.2) is 9.78 Å². The third kappa shape index (κ3) is 3.73. The van der Waals surface area contributed by atoms with Crippen LogP contribution in [0.1, 0.15) is 25.8 Å². The van der Waals surface area contributed by atoms with Crippen molar-refractivity contribution in [3.05, 3.63) is 63.5 Å². The average molecular weight is 408 g/mol. The second kappa shape index (κ2) is 7.67. The lowest BCUT2D eigenvalue weighted by Crippen LogP contribution is -2.38. The summed E-state index contributed by atoms with van der Waals surface area (Å²) in [4.78, 5) is 31.9. The van der Waals surface area contributed by atoms with E-state index in [0.29, 0.717) is 23.5 Å². The number of carbonyl (C=O) groups is 2. The van der Waals surface area contributed by atoms with E-state index in [1.807, 2.05) is 38.1 Å². The van der Waals surface area contributed by atoms with Crippen LogP contribution >= 0.6 is 11.3 Å². The molecular formula is C22H20N2O4S. The molecule has 0 saturated carbocycles. The van der Waals surface area contributed by atoms with Crippen LogP contribution in [0.15, 0.2) is 42.5 Å². The predicted octanol–water partition coefficient (Wildman–Crippen LogP) is 4.14. The summed E-state index contributed by atoms with van der Waals surface area (Å²) in [6, 6.07) is 12.9. The van der Waals surface area contributed by atoms with Gasteiger partial charge in [-0.3, -0.25) is 4.79 Å². The Balaban J connectivity index is 1.71. The summed E-state index contributed by atoms with van der Waals surface area (Å²) in [5, 5.41) is 0.999. The number of nitrogens with zero attached hydrogens (tertiary/aromatic N) is 2. The minimum absolute atomic E-state index is 0.0160. The first-order valence-electron chi connectivity index (χ1n) is 9.15. The third-order valence-electron chi connectivity index (χ3n) is 4.77. The number of benzene rings is 2. The molecule has 2 aromatic carbocycles. The molecule has 4 rings (SSSR count). The topological polar surface area (TPSA) is 68.7 Å². The zero-order valence-electron chi connectivity index (χ0n) is 16.4. The maximum Gasteiger partial charge on any atom is 0.337 e. The molecule has 0 fully saturated rings. The van der Waals surface area contributed by atoms with Crippen LogP contribution in [0.2, 0.25) is 0 Å². The van der Waals surface area contributed by atoms with Crippen LogP contribution in [0.4, 0.5) is 5.69 Å². The van der Waals surface area contributed by atoms with E-state index in [1.165, 1.54) is 7.11 Å². The minimum Gasteiger partial charge on any atom is -0.482 e. The van der Waals surface area contributed by atoms with Gasteiger partial charge in [0.25, 0.3) is 5.91 Å². The number of fused-ring (bicyclic) bond motifs is 1. The zero-order valence-corrected chi connectivity index (χ0v) is 17.2. The Morgan fingerprint density at radius 3 is 2.79 bits per heavy atom. The molecule has 0 bridgehead atoms. The van der Waals surface area contributed by atoms with Gasteiger partial charge in [-0.1, -0.05) is 12.1 Å². The number of thiazole rings is 1. The van der Waals surface area contributed by atoms with Crippen LogP contribution in [-0.4, -0.2) is 30.6 Å². The summed E-state index contributed by atoms with van der Waals surface area (Å²) >= 11 is 1.65. The standard InChI is InChI=1S/C22H20N2O4S/c1-13-21(23-14(2)29-13)16-7-8-19-18(10-16)24(20(25)12-28-19)11-15-5-4-6-17(9-15)22(26)27-3/h4-10H,11-12H2,1-3H3. The van der Waals surface area contributed by atoms with Crippen molar-refractivity contribution in [2.24, 2.45) is 0 Å². The van der Waals surface area contributed by atoms with Crippen LogP contribution in [0.3, 0.4) is 0 Å². The lowest BCUT2D eigenvalue weighted by atomic mass is 10.1. The van der Waals surface area contributed by atoms with Crippen LogP contribution in [-0.2, 0) is 16.1 Å². The number of aromatic nitrogens is 1. The quantitative estimate of drug-likeness (QED) is 0.607. The van der Waals surface area contributed by atoms with E-state index in [9.17, 15) is 9.59 Å². The van der Waals surface area contributed by atoms with E-state index in [4.69, 9.17) is 9.47 Å². The van der Waals surface area contributed by atoms with Crippen LogP contribution in [0.25, 0.3) is 11.3 Å². The number of hydrogen-bond acceptors (Lipinski definition) is 6. The smallest absolute Gasteiger partial charge is 0.337 e. The maximum absolute atomic E-state index is 12.7. The van der Waals surface area contributed by atoms with Gasteiger partial charge in [0.1, 0.15) is 5.75 Å². The lowest BCUT2D eigenvalue weighted by Gasteiger charge is -2.30. The van der Waals surface area contributed by atoms with E-state index in [2.05, 4.69) is 4.98 Å². The second-order valence-corrected chi connectivity index (χ2v) is 8.19. The highest BCUT2D eigenvalue weighted by Crippen LogP contribution is 2.38. The van der Waals surface area contributed by atoms with Crippen molar-refractivity contribution in [3.63, 3.8) is 0 Å². The summed E-state index contributed by atoms with van der Waals surface area (Å²) in [6.07, 6.45) is 0. The van der Waals surface area contributed by atoms with Gasteiger partial charge in [0.05, 0.1) is 35.6 Å². The highest BCUT2D eigenvalue weighted by atomic mass is 32.1. The molecule has 2 heterocycles. The van der Waals surface area contributed by atoms with Crippen molar-refractivity contribution >= 4 is 28.9 Å². The summed E-state index contributed by atoms with van der Waals surface area (Å²) in [7, 11) is 1.35. The summed E-state index contributed by atoms with van der Waals surface area (Å²) in [5.41, 5.74) is 3.85. The van der Waals surface area contributed by atoms with E-state index in [1.54, 1.807) is 34.4 Å². The predicted molar refractivity (Wildman–Crippen MR) is 111 cm³/mol. The molecule has 1 aliphatic rings. The molecule has 7 heteroatoms. The molecule has 1 amide bonds. The molecule has 0 N–H and O–H groups in total. The summed E-state index contributed by atoms with van der Waals surface area (Å²) in [6.45, 7) is 4.33. The van der Waals surface area contributed by atoms with Gasteiger partial charge in [0.15, 0.2) is 6.61 Å². The number of amides is 1. The van der Waals surface area contributed by atoms with Crippen molar-refractivity contribution in [2.45, 2.75) is 20.4 Å². The lowest BCUT2D eigenvalue weighted by molar-refractivity contribution is -0.121. The van der Waals surface area contributed by atoms with Gasteiger partial charge in [-0.2, -0.15) is 0 Å². The highest BCUT2D eigenvalue weighted by Gasteiger charge is 2.27. The first-order chi connectivity index (χ1) is 14.0. The van der Waals surface area contributed by atoms with E-state index in [0.717, 1.165) is 26.7 Å². The first kappa shape index (κ1) is 19.1. The number of ether oxygens (including phenoxy) is 2. The number of anilines is 1. The highest BCUT2D eigenvalue weighted by molar-refractivity contribution is 7.11. The Labute approximate surface area is 172 Å². The number of hydrogen-bond donors (Lipinski definition) is 0. The molecule has 1 aromatic heterocycles. The van der Waals surface area contributed by atoms with Crippen molar-refractivity contribution in [3.8, 4) is 17.0 Å². The first-order valence-corrected chi connectivity index (χ1v) is 9.97. The molecule has 0 radical (unpaired) electrons. The van der Waals surface area contributed by atoms with Crippen LogP contribution < -0.4 is 9.64 Å². The normalized spacial score (nSPS) is 13.1. The van der Waals surface area contributed by atoms with E-state index >= 15 is 0 Å². The Bertz CT molecular complexity index is 1110. The van der Waals surface area contributed by atoms with Crippen molar-refractivity contribution in [1.82, 2.24) is 4.98 Å². The molecule has 29 heavy (non-hydrogen) atoms. The second-order valence-electron chi connectivity index (χ2n) is 6.78. The fourth-order valence-electron chi connectivity index (χ4n) is 3.42.